The quantitative estimate of drug-likeness (QED) is 0.209. The van der Waals surface area contributed by atoms with Crippen molar-refractivity contribution in [3.8, 4) is 22.9 Å². The minimum atomic E-state index is -2.00. The second-order valence-electron chi connectivity index (χ2n) is 16.9. The van der Waals surface area contributed by atoms with E-state index >= 15 is 0 Å². The lowest BCUT2D eigenvalue weighted by Gasteiger charge is -2.37. The summed E-state index contributed by atoms with van der Waals surface area (Å²) in [5, 5.41) is 10.2. The van der Waals surface area contributed by atoms with Gasteiger partial charge in [0.05, 0.1) is 52.3 Å². The third-order valence-electron chi connectivity index (χ3n) is 10.6. The molecular formula is C39H52N4O7SSi. The molecule has 0 saturated carbocycles. The van der Waals surface area contributed by atoms with Gasteiger partial charge in [0.1, 0.15) is 11.4 Å². The van der Waals surface area contributed by atoms with Crippen LogP contribution in [-0.2, 0) is 30.0 Å². The van der Waals surface area contributed by atoms with Crippen LogP contribution in [0, 0.1) is 11.3 Å². The summed E-state index contributed by atoms with van der Waals surface area (Å²) in [7, 11) is -2.00. The molecule has 52 heavy (non-hydrogen) atoms. The van der Waals surface area contributed by atoms with E-state index in [0.717, 1.165) is 39.9 Å². The smallest absolute Gasteiger partial charge is 0.410 e. The van der Waals surface area contributed by atoms with Gasteiger partial charge in [-0.05, 0) is 89.7 Å². The SMILES string of the molecule is CC(C)(C)OC(=O)N1C[C@@H](N2C(=O)COc3cc(C#N)cc(-c4ccnc5cc(CO[Si](C)(C)C(C)(C)C)sc45)c32)C[C@]1(C)COC1CCCCO1. The number of ether oxygens (including phenoxy) is 4. The molecule has 11 nitrogen and oxygen atoms in total. The lowest BCUT2D eigenvalue weighted by Crippen LogP contribution is -2.50. The van der Waals surface area contributed by atoms with Crippen molar-refractivity contribution in [3.05, 3.63) is 40.9 Å². The molecule has 2 aromatic heterocycles. The number of hydrogen-bond donors (Lipinski definition) is 0. The number of fused-ring (bicyclic) bond motifs is 2. The number of aromatic nitrogens is 1. The summed E-state index contributed by atoms with van der Waals surface area (Å²) >= 11 is 1.61. The topological polar surface area (TPSA) is 123 Å². The van der Waals surface area contributed by atoms with Crippen molar-refractivity contribution >= 4 is 47.6 Å². The highest BCUT2D eigenvalue weighted by Gasteiger charge is 2.51. The van der Waals surface area contributed by atoms with E-state index in [1.165, 1.54) is 0 Å². The third kappa shape index (κ3) is 7.87. The van der Waals surface area contributed by atoms with E-state index in [0.29, 0.717) is 42.2 Å². The molecule has 0 aliphatic carbocycles. The molecule has 0 N–H and O–H groups in total. The second kappa shape index (κ2) is 14.4. The van der Waals surface area contributed by atoms with Gasteiger partial charge in [0.25, 0.3) is 5.91 Å². The molecule has 0 spiro atoms. The van der Waals surface area contributed by atoms with E-state index in [4.69, 9.17) is 28.4 Å². The zero-order valence-electron chi connectivity index (χ0n) is 32.0. The summed E-state index contributed by atoms with van der Waals surface area (Å²) in [6, 6.07) is 9.35. The summed E-state index contributed by atoms with van der Waals surface area (Å²) in [6.45, 7) is 20.0. The summed E-state index contributed by atoms with van der Waals surface area (Å²) < 4.78 is 31.6. The van der Waals surface area contributed by atoms with E-state index in [2.05, 4.69) is 46.0 Å². The molecule has 13 heteroatoms. The van der Waals surface area contributed by atoms with Crippen LogP contribution in [0.3, 0.4) is 0 Å². The average Bonchev–Trinajstić information content (AvgIpc) is 3.66. The Balaban J connectivity index is 1.39. The highest BCUT2D eigenvalue weighted by atomic mass is 32.1. The monoisotopic (exact) mass is 748 g/mol. The van der Waals surface area contributed by atoms with Gasteiger partial charge in [-0.1, -0.05) is 20.8 Å². The summed E-state index contributed by atoms with van der Waals surface area (Å²) in [5.41, 5.74) is 1.83. The van der Waals surface area contributed by atoms with Crippen LogP contribution in [0.4, 0.5) is 10.5 Å². The Morgan fingerprint density at radius 3 is 2.60 bits per heavy atom. The number of amides is 2. The van der Waals surface area contributed by atoms with Gasteiger partial charge in [-0.25, -0.2) is 4.79 Å². The van der Waals surface area contributed by atoms with Crippen molar-refractivity contribution in [1.29, 1.82) is 5.26 Å². The number of likely N-dealkylation sites (tertiary alicyclic amines) is 1. The van der Waals surface area contributed by atoms with Crippen molar-refractivity contribution < 1.29 is 33.0 Å². The lowest BCUT2D eigenvalue weighted by atomic mass is 9.94. The number of thiophene rings is 1. The number of carbonyl (C=O) groups excluding carboxylic acids is 2. The number of anilines is 1. The molecule has 2 amide bonds. The predicted molar refractivity (Wildman–Crippen MR) is 204 cm³/mol. The molecule has 1 unspecified atom stereocenters. The predicted octanol–water partition coefficient (Wildman–Crippen LogP) is 8.39. The van der Waals surface area contributed by atoms with Gasteiger partial charge in [0, 0.05) is 41.4 Å². The maximum Gasteiger partial charge on any atom is 0.410 e. The third-order valence-corrected chi connectivity index (χ3v) is 16.2. The number of pyridine rings is 1. The van der Waals surface area contributed by atoms with E-state index < -0.39 is 31.6 Å². The van der Waals surface area contributed by atoms with Crippen LogP contribution in [-0.4, -0.2) is 80.0 Å². The largest absolute Gasteiger partial charge is 0.481 e. The fraction of sp³-hybridized carbons (Fsp3) is 0.590. The molecule has 2 saturated heterocycles. The standard InChI is InChI=1S/C39H52N4O7SSi/c1-37(2,3)50-36(45)42-21-26(19-39(42,7)24-48-33-12-10-11-15-46-33)43-32(44)23-47-31-17-25(20-40)16-29(34(31)43)28-13-14-41-30-18-27(51-35(28)30)22-49-52(8,9)38(4,5)6/h13-14,16-18,26,33H,10-12,15,19,21-24H2,1-9H3/t26-,33?,39+/m0/s1. The van der Waals surface area contributed by atoms with Crippen LogP contribution in [0.5, 0.6) is 5.75 Å². The van der Waals surface area contributed by atoms with Gasteiger partial charge in [0.2, 0.25) is 0 Å². The first kappa shape index (κ1) is 38.2. The van der Waals surface area contributed by atoms with Crippen molar-refractivity contribution in [2.24, 2.45) is 0 Å². The van der Waals surface area contributed by atoms with Gasteiger partial charge < -0.3 is 28.3 Å². The number of nitrogens with zero attached hydrogens (tertiary/aromatic N) is 4. The summed E-state index contributed by atoms with van der Waals surface area (Å²) in [5.74, 6) is 0.217. The molecule has 280 valence electrons. The van der Waals surface area contributed by atoms with E-state index in [1.54, 1.807) is 33.4 Å². The minimum Gasteiger partial charge on any atom is -0.481 e. The van der Waals surface area contributed by atoms with Crippen LogP contribution in [0.1, 0.15) is 84.6 Å². The summed E-state index contributed by atoms with van der Waals surface area (Å²) in [6.07, 6.45) is 4.19. The Morgan fingerprint density at radius 2 is 1.92 bits per heavy atom. The second-order valence-corrected chi connectivity index (χ2v) is 22.9. The zero-order chi connectivity index (χ0) is 37.6. The first-order valence-electron chi connectivity index (χ1n) is 18.2. The van der Waals surface area contributed by atoms with E-state index in [-0.39, 0.29) is 37.0 Å². The molecule has 1 aromatic carbocycles. The highest BCUT2D eigenvalue weighted by Crippen LogP contribution is 2.48. The first-order valence-corrected chi connectivity index (χ1v) is 21.9. The highest BCUT2D eigenvalue weighted by molar-refractivity contribution is 7.19. The average molecular weight is 749 g/mol. The molecule has 3 aliphatic heterocycles. The van der Waals surface area contributed by atoms with Gasteiger partial charge >= 0.3 is 6.09 Å². The Hall–Kier alpha value is -3.54. The normalized spacial score (nSPS) is 22.7. The molecule has 2 fully saturated rings. The van der Waals surface area contributed by atoms with Crippen molar-refractivity contribution in [3.63, 3.8) is 0 Å². The molecular weight excluding hydrogens is 697 g/mol. The molecule has 3 aromatic rings. The number of rotatable bonds is 8. The minimum absolute atomic E-state index is 0.0744. The molecule has 3 atom stereocenters. The van der Waals surface area contributed by atoms with Crippen molar-refractivity contribution in [2.45, 2.75) is 122 Å². The van der Waals surface area contributed by atoms with Crippen molar-refractivity contribution in [1.82, 2.24) is 9.88 Å². The van der Waals surface area contributed by atoms with Gasteiger partial charge in [-0.3, -0.25) is 14.7 Å². The fourth-order valence-corrected chi connectivity index (χ4v) is 8.95. The van der Waals surface area contributed by atoms with Crippen LogP contribution >= 0.6 is 11.3 Å². The maximum atomic E-state index is 14.1. The molecule has 5 heterocycles. The van der Waals surface area contributed by atoms with Crippen LogP contribution in [0.15, 0.2) is 30.5 Å². The Labute approximate surface area is 312 Å². The van der Waals surface area contributed by atoms with Crippen LogP contribution in [0.25, 0.3) is 21.3 Å². The molecule has 0 radical (unpaired) electrons. The van der Waals surface area contributed by atoms with Gasteiger partial charge in [0.15, 0.2) is 21.2 Å². The number of benzene rings is 1. The maximum absolute atomic E-state index is 14.1. The first-order chi connectivity index (χ1) is 24.4. The number of carbonyl (C=O) groups is 2. The van der Waals surface area contributed by atoms with E-state index in [9.17, 15) is 14.9 Å². The Kier molecular flexibility index (Phi) is 10.5. The molecule has 3 aliphatic rings. The Bertz CT molecular complexity index is 1870. The van der Waals surface area contributed by atoms with E-state index in [1.807, 2.05) is 39.8 Å². The van der Waals surface area contributed by atoms with Crippen molar-refractivity contribution in [2.75, 3.05) is 31.3 Å². The molecule has 6 rings (SSSR count). The van der Waals surface area contributed by atoms with Crippen LogP contribution < -0.4 is 9.64 Å². The fourth-order valence-electron chi connectivity index (χ4n) is 6.85. The number of nitriles is 1. The van der Waals surface area contributed by atoms with Crippen LogP contribution in [0.2, 0.25) is 18.1 Å². The Morgan fingerprint density at radius 1 is 1.15 bits per heavy atom. The number of hydrogen-bond acceptors (Lipinski definition) is 10. The molecule has 0 bridgehead atoms. The zero-order valence-corrected chi connectivity index (χ0v) is 33.8. The van der Waals surface area contributed by atoms with Gasteiger partial charge in [-0.15, -0.1) is 11.3 Å². The lowest BCUT2D eigenvalue weighted by molar-refractivity contribution is -0.177. The summed E-state index contributed by atoms with van der Waals surface area (Å²) in [4.78, 5) is 37.1. The van der Waals surface area contributed by atoms with Gasteiger partial charge in [-0.2, -0.15) is 5.26 Å².